The van der Waals surface area contributed by atoms with Gasteiger partial charge in [0.2, 0.25) is 0 Å². The Kier molecular flexibility index (Phi) is 3.35. The third-order valence-corrected chi connectivity index (χ3v) is 5.19. The zero-order valence-electron chi connectivity index (χ0n) is 11.1. The lowest BCUT2D eigenvalue weighted by Gasteiger charge is -2.49. The van der Waals surface area contributed by atoms with Gasteiger partial charge in [-0.15, -0.1) is 0 Å². The number of benzene rings is 1. The molecule has 0 aliphatic carbocycles. The molecular weight excluding hydrogens is 373 g/mol. The van der Waals surface area contributed by atoms with Crippen LogP contribution in [0.1, 0.15) is 28.0 Å². The van der Waals surface area contributed by atoms with E-state index in [0.717, 1.165) is 11.1 Å². The van der Waals surface area contributed by atoms with Crippen LogP contribution < -0.4 is 0 Å². The monoisotopic (exact) mass is 387 g/mol. The number of ether oxygens (including phenoxy) is 2. The number of methoxy groups -OCH3 is 1. The number of amides is 1. The molecular formula is C14H14INO4. The molecule has 106 valence electrons. The molecule has 2 aliphatic heterocycles. The van der Waals surface area contributed by atoms with E-state index < -0.39 is 18.2 Å². The van der Waals surface area contributed by atoms with E-state index in [-0.39, 0.29) is 15.9 Å². The van der Waals surface area contributed by atoms with Crippen LogP contribution in [0.3, 0.4) is 0 Å². The summed E-state index contributed by atoms with van der Waals surface area (Å²) >= 11 is 2.21. The van der Waals surface area contributed by atoms with Crippen molar-refractivity contribution < 1.29 is 19.1 Å². The maximum Gasteiger partial charge on any atom is 0.412 e. The van der Waals surface area contributed by atoms with Crippen LogP contribution in [0.4, 0.5) is 4.79 Å². The first-order valence-electron chi connectivity index (χ1n) is 6.36. The van der Waals surface area contributed by atoms with Gasteiger partial charge < -0.3 is 9.47 Å². The minimum Gasteiger partial charge on any atom is -0.453 e. The molecule has 5 nitrogen and oxygen atoms in total. The second-order valence-corrected chi connectivity index (χ2v) is 6.31. The molecule has 2 aliphatic rings. The van der Waals surface area contributed by atoms with Gasteiger partial charge in [0.15, 0.2) is 6.23 Å². The molecule has 1 amide bonds. The van der Waals surface area contributed by atoms with E-state index in [2.05, 4.69) is 22.6 Å². The fourth-order valence-corrected chi connectivity index (χ4v) is 4.00. The van der Waals surface area contributed by atoms with E-state index in [1.165, 1.54) is 7.11 Å². The molecule has 3 rings (SSSR count). The zero-order chi connectivity index (χ0) is 14.4. The van der Waals surface area contributed by atoms with Crippen molar-refractivity contribution in [3.05, 3.63) is 35.4 Å². The molecule has 6 heteroatoms. The van der Waals surface area contributed by atoms with Crippen molar-refractivity contribution in [2.45, 2.75) is 23.1 Å². The number of alkyl halides is 1. The van der Waals surface area contributed by atoms with Gasteiger partial charge >= 0.3 is 12.1 Å². The summed E-state index contributed by atoms with van der Waals surface area (Å²) in [6.45, 7) is 1.78. The van der Waals surface area contributed by atoms with Crippen molar-refractivity contribution in [2.24, 2.45) is 5.92 Å². The number of hydrogen-bond acceptors (Lipinski definition) is 4. The Morgan fingerprint density at radius 2 is 2.00 bits per heavy atom. The Hall–Kier alpha value is -1.31. The van der Waals surface area contributed by atoms with E-state index in [1.807, 2.05) is 24.3 Å². The lowest BCUT2D eigenvalue weighted by Crippen LogP contribution is -2.57. The Balaban J connectivity index is 2.18. The van der Waals surface area contributed by atoms with Crippen molar-refractivity contribution in [3.63, 3.8) is 0 Å². The smallest absolute Gasteiger partial charge is 0.412 e. The topological polar surface area (TPSA) is 55.8 Å². The van der Waals surface area contributed by atoms with Crippen LogP contribution in [0.15, 0.2) is 24.3 Å². The zero-order valence-corrected chi connectivity index (χ0v) is 13.2. The van der Waals surface area contributed by atoms with Crippen molar-refractivity contribution in [1.82, 2.24) is 4.90 Å². The number of esters is 1. The van der Waals surface area contributed by atoms with Gasteiger partial charge in [0.05, 0.1) is 23.0 Å². The third-order valence-electron chi connectivity index (χ3n) is 3.90. The second-order valence-electron chi connectivity index (χ2n) is 4.97. The average Bonchev–Trinajstić information content (AvgIpc) is 2.47. The van der Waals surface area contributed by atoms with Crippen molar-refractivity contribution in [3.8, 4) is 0 Å². The molecule has 2 bridgehead atoms. The molecule has 0 unspecified atom stereocenters. The Labute approximate surface area is 130 Å². The highest BCUT2D eigenvalue weighted by atomic mass is 127. The van der Waals surface area contributed by atoms with Gasteiger partial charge in [-0.25, -0.2) is 4.79 Å². The van der Waals surface area contributed by atoms with Crippen LogP contribution in [0, 0.1) is 5.92 Å². The predicted octanol–water partition coefficient (Wildman–Crippen LogP) is 2.80. The highest BCUT2D eigenvalue weighted by molar-refractivity contribution is 14.1. The number of fused-ring (bicyclic) bond motifs is 4. The summed E-state index contributed by atoms with van der Waals surface area (Å²) in [5.41, 5.74) is 2.11. The molecule has 1 saturated heterocycles. The number of rotatable bonds is 0. The summed E-state index contributed by atoms with van der Waals surface area (Å²) in [5, 5.41) is 0. The summed E-state index contributed by atoms with van der Waals surface area (Å²) < 4.78 is 10.2. The summed E-state index contributed by atoms with van der Waals surface area (Å²) in [6, 6.07) is 7.54. The molecule has 1 fully saturated rings. The van der Waals surface area contributed by atoms with E-state index in [4.69, 9.17) is 9.47 Å². The Bertz CT molecular complexity index is 576. The highest BCUT2D eigenvalue weighted by Gasteiger charge is 2.52. The van der Waals surface area contributed by atoms with E-state index in [0.29, 0.717) is 0 Å². The first-order valence-corrected chi connectivity index (χ1v) is 7.60. The van der Waals surface area contributed by atoms with Crippen LogP contribution in [0.5, 0.6) is 0 Å². The standard InChI is InChI=1S/C14H14INO4/c1-7-11-9-6-4-3-5-8(9)10(15)12(20-13(7)17)16(11)14(18)19-2/h3-7,10-12H,1-2H3/t7-,10+,11+,12-/m1/s1. The summed E-state index contributed by atoms with van der Waals surface area (Å²) in [5.74, 6) is -0.674. The molecule has 2 heterocycles. The highest BCUT2D eigenvalue weighted by Crippen LogP contribution is 2.49. The third kappa shape index (κ3) is 1.81. The van der Waals surface area contributed by atoms with Gasteiger partial charge in [0.25, 0.3) is 0 Å². The molecule has 0 spiro atoms. The van der Waals surface area contributed by atoms with Crippen LogP contribution in [0.25, 0.3) is 0 Å². The molecule has 1 aromatic carbocycles. The lowest BCUT2D eigenvalue weighted by molar-refractivity contribution is -0.183. The van der Waals surface area contributed by atoms with Crippen LogP contribution in [0.2, 0.25) is 0 Å². The number of halogens is 1. The normalized spacial score (nSPS) is 31.4. The molecule has 4 atom stereocenters. The maximum atomic E-state index is 12.1. The number of hydrogen-bond donors (Lipinski definition) is 0. The molecule has 1 aromatic rings. The average molecular weight is 387 g/mol. The van der Waals surface area contributed by atoms with Crippen LogP contribution >= 0.6 is 22.6 Å². The molecule has 20 heavy (non-hydrogen) atoms. The minimum absolute atomic E-state index is 0.101. The summed E-state index contributed by atoms with van der Waals surface area (Å²) in [4.78, 5) is 25.7. The van der Waals surface area contributed by atoms with Crippen molar-refractivity contribution >= 4 is 34.7 Å². The lowest BCUT2D eigenvalue weighted by atomic mass is 9.83. The summed E-state index contributed by atoms with van der Waals surface area (Å²) in [7, 11) is 1.34. The van der Waals surface area contributed by atoms with Crippen molar-refractivity contribution in [2.75, 3.05) is 7.11 Å². The molecule has 0 radical (unpaired) electrons. The Morgan fingerprint density at radius 3 is 2.65 bits per heavy atom. The largest absolute Gasteiger partial charge is 0.453 e. The Morgan fingerprint density at radius 1 is 1.35 bits per heavy atom. The van der Waals surface area contributed by atoms with Crippen LogP contribution in [-0.2, 0) is 14.3 Å². The van der Waals surface area contributed by atoms with Gasteiger partial charge in [-0.3, -0.25) is 9.69 Å². The molecule has 0 N–H and O–H groups in total. The fraction of sp³-hybridized carbons (Fsp3) is 0.429. The predicted molar refractivity (Wildman–Crippen MR) is 79.2 cm³/mol. The number of carbonyl (C=O) groups excluding carboxylic acids is 2. The maximum absolute atomic E-state index is 12.1. The summed E-state index contributed by atoms with van der Waals surface area (Å²) in [6.07, 6.45) is -1.07. The molecule has 0 aromatic heterocycles. The minimum atomic E-state index is -0.605. The van der Waals surface area contributed by atoms with Crippen LogP contribution in [-0.4, -0.2) is 30.3 Å². The first-order chi connectivity index (χ1) is 9.56. The van der Waals surface area contributed by atoms with E-state index in [9.17, 15) is 9.59 Å². The van der Waals surface area contributed by atoms with Gasteiger partial charge in [-0.05, 0) is 18.1 Å². The van der Waals surface area contributed by atoms with E-state index >= 15 is 0 Å². The second kappa shape index (κ2) is 4.91. The SMILES string of the molecule is COC(=O)N1[C@@H]2OC(=O)[C@H](C)[C@H]1c1ccccc1[C@@H]2I. The van der Waals surface area contributed by atoms with E-state index in [1.54, 1.807) is 11.8 Å². The number of nitrogens with zero attached hydrogens (tertiary/aromatic N) is 1. The van der Waals surface area contributed by atoms with Gasteiger partial charge in [-0.2, -0.15) is 0 Å². The van der Waals surface area contributed by atoms with Gasteiger partial charge in [-0.1, -0.05) is 46.9 Å². The quantitative estimate of drug-likeness (QED) is 0.390. The number of carbonyl (C=O) groups is 2. The fourth-order valence-electron chi connectivity index (χ4n) is 2.94. The van der Waals surface area contributed by atoms with Gasteiger partial charge in [0.1, 0.15) is 0 Å². The molecule has 0 saturated carbocycles. The van der Waals surface area contributed by atoms with Gasteiger partial charge in [0, 0.05) is 0 Å². The van der Waals surface area contributed by atoms with Crippen molar-refractivity contribution in [1.29, 1.82) is 0 Å². The first kappa shape index (κ1) is 13.7.